The minimum Gasteiger partial charge on any atom is -0.399 e. The van der Waals surface area contributed by atoms with Crippen molar-refractivity contribution in [2.45, 2.75) is 57.8 Å². The lowest BCUT2D eigenvalue weighted by Gasteiger charge is -2.33. The zero-order valence-corrected chi connectivity index (χ0v) is 16.3. The lowest BCUT2D eigenvalue weighted by Crippen LogP contribution is -2.21. The van der Waals surface area contributed by atoms with Crippen molar-refractivity contribution in [1.29, 1.82) is 0 Å². The van der Waals surface area contributed by atoms with Crippen LogP contribution in [0.3, 0.4) is 0 Å². The molecule has 0 bridgehead atoms. The number of anilines is 1. The Balaban J connectivity index is 2.38. The van der Waals surface area contributed by atoms with Gasteiger partial charge in [0, 0.05) is 10.6 Å². The van der Waals surface area contributed by atoms with Crippen molar-refractivity contribution in [3.05, 3.63) is 59.0 Å². The minimum absolute atomic E-state index is 0.0689. The van der Waals surface area contributed by atoms with Gasteiger partial charge in [-0.15, -0.1) is 6.58 Å². The molecule has 0 heterocycles. The molecule has 2 N–H and O–H groups in total. The first-order valence-corrected chi connectivity index (χ1v) is 10.3. The van der Waals surface area contributed by atoms with Crippen LogP contribution in [0.15, 0.2) is 58.4 Å². The molecule has 3 nitrogen and oxygen atoms in total. The molecule has 0 aliphatic heterocycles. The highest BCUT2D eigenvalue weighted by Gasteiger charge is 2.30. The summed E-state index contributed by atoms with van der Waals surface area (Å²) in [6, 6.07) is 4.96. The zero-order chi connectivity index (χ0) is 18.7. The Hall–Kier alpha value is -1.81. The summed E-state index contributed by atoms with van der Waals surface area (Å²) in [5.41, 5.74) is 8.41. The molecule has 0 saturated carbocycles. The maximum Gasteiger partial charge on any atom is 0.203 e. The molecular weight excluding hydrogens is 330 g/mol. The van der Waals surface area contributed by atoms with Crippen LogP contribution >= 0.6 is 0 Å². The Bertz CT molecular complexity index is 818. The quantitative estimate of drug-likeness (QED) is 0.528. The zero-order valence-electron chi connectivity index (χ0n) is 15.5. The van der Waals surface area contributed by atoms with E-state index in [1.54, 1.807) is 31.2 Å². The van der Waals surface area contributed by atoms with Gasteiger partial charge >= 0.3 is 0 Å². The van der Waals surface area contributed by atoms with Gasteiger partial charge in [-0.1, -0.05) is 38.0 Å². The van der Waals surface area contributed by atoms with E-state index in [4.69, 9.17) is 5.73 Å². The maximum atomic E-state index is 13.0. The Kier molecular flexibility index (Phi) is 5.94. The number of nitrogens with two attached hydrogens (primary N) is 1. The van der Waals surface area contributed by atoms with Crippen molar-refractivity contribution in [3.8, 4) is 0 Å². The molecular formula is C21H29NO2S. The molecule has 0 amide bonds. The second-order valence-electron chi connectivity index (χ2n) is 7.16. The predicted molar refractivity (Wildman–Crippen MR) is 106 cm³/mol. The first-order chi connectivity index (χ1) is 11.7. The van der Waals surface area contributed by atoms with Crippen molar-refractivity contribution in [3.63, 3.8) is 0 Å². The van der Waals surface area contributed by atoms with Crippen LogP contribution in [0.2, 0.25) is 0 Å². The summed E-state index contributed by atoms with van der Waals surface area (Å²) in [7, 11) is -3.46. The Morgan fingerprint density at radius 2 is 2.00 bits per heavy atom. The smallest absolute Gasteiger partial charge is 0.203 e. The number of aryl methyl sites for hydroxylation is 1. The van der Waals surface area contributed by atoms with E-state index in [0.717, 1.165) is 25.7 Å². The summed E-state index contributed by atoms with van der Waals surface area (Å²) in [5.74, 6) is 0. The highest BCUT2D eigenvalue weighted by Crippen LogP contribution is 2.42. The van der Waals surface area contributed by atoms with Gasteiger partial charge in [0.15, 0.2) is 0 Å². The van der Waals surface area contributed by atoms with Gasteiger partial charge in [-0.25, -0.2) is 8.42 Å². The van der Waals surface area contributed by atoms with Gasteiger partial charge in [-0.2, -0.15) is 0 Å². The predicted octanol–water partition coefficient (Wildman–Crippen LogP) is 5.34. The van der Waals surface area contributed by atoms with Gasteiger partial charge < -0.3 is 5.73 Å². The molecule has 4 heteroatoms. The van der Waals surface area contributed by atoms with Gasteiger partial charge in [-0.3, -0.25) is 0 Å². The second kappa shape index (κ2) is 7.61. The molecule has 0 saturated heterocycles. The molecule has 0 aromatic heterocycles. The van der Waals surface area contributed by atoms with E-state index in [1.807, 2.05) is 12.2 Å². The summed E-state index contributed by atoms with van der Waals surface area (Å²) in [5, 5.41) is 0. The molecule has 2 rings (SSSR count). The summed E-state index contributed by atoms with van der Waals surface area (Å²) in [6.45, 7) is 10.1. The van der Waals surface area contributed by atoms with Crippen molar-refractivity contribution >= 4 is 15.5 Å². The van der Waals surface area contributed by atoms with E-state index in [0.29, 0.717) is 27.5 Å². The number of rotatable bonds is 7. The summed E-state index contributed by atoms with van der Waals surface area (Å²) in [4.78, 5) is 0.841. The lowest BCUT2D eigenvalue weighted by molar-refractivity contribution is 0.352. The van der Waals surface area contributed by atoms with Crippen LogP contribution in [0, 0.1) is 12.3 Å². The highest BCUT2D eigenvalue weighted by atomic mass is 32.2. The van der Waals surface area contributed by atoms with E-state index in [-0.39, 0.29) is 5.41 Å². The fourth-order valence-corrected chi connectivity index (χ4v) is 5.35. The van der Waals surface area contributed by atoms with E-state index >= 15 is 0 Å². The van der Waals surface area contributed by atoms with Crippen LogP contribution in [-0.4, -0.2) is 8.42 Å². The van der Waals surface area contributed by atoms with Crippen molar-refractivity contribution in [2.75, 3.05) is 5.73 Å². The van der Waals surface area contributed by atoms with Crippen LogP contribution in [-0.2, 0) is 9.84 Å². The van der Waals surface area contributed by atoms with Crippen LogP contribution in [0.5, 0.6) is 0 Å². The maximum absolute atomic E-state index is 13.0. The summed E-state index contributed by atoms with van der Waals surface area (Å²) < 4.78 is 25.9. The average Bonchev–Trinajstić information content (AvgIpc) is 2.55. The summed E-state index contributed by atoms with van der Waals surface area (Å²) in [6.07, 6.45) is 10.2. The SMILES string of the molecule is C=CCC(C)(CCC)C1=CC=C(S(=O)(=O)c2ccc(N)cc2C)CC1. The number of hydrogen-bond donors (Lipinski definition) is 1. The molecule has 1 atom stereocenters. The van der Waals surface area contributed by atoms with Gasteiger partial charge in [-0.05, 0) is 67.9 Å². The third-order valence-corrected chi connectivity index (χ3v) is 7.18. The number of allylic oxidation sites excluding steroid dienone is 5. The largest absolute Gasteiger partial charge is 0.399 e. The first-order valence-electron chi connectivity index (χ1n) is 8.87. The standard InChI is InChI=1S/C21H29NO2S/c1-5-13-21(4,14-6-2)17-7-10-19(11-8-17)25(23,24)20-12-9-18(22)15-16(20)3/h5,7,9-10,12,15H,1,6,8,11,13-14,22H2,2-4H3. The summed E-state index contributed by atoms with van der Waals surface area (Å²) >= 11 is 0. The molecule has 0 fully saturated rings. The first kappa shape index (κ1) is 19.5. The second-order valence-corrected chi connectivity index (χ2v) is 9.13. The Labute approximate surface area is 152 Å². The third-order valence-electron chi connectivity index (χ3n) is 5.12. The van der Waals surface area contributed by atoms with E-state index in [9.17, 15) is 8.42 Å². The molecule has 25 heavy (non-hydrogen) atoms. The molecule has 1 aromatic rings. The molecule has 1 unspecified atom stereocenters. The fraction of sp³-hybridized carbons (Fsp3) is 0.429. The van der Waals surface area contributed by atoms with Crippen LogP contribution in [0.25, 0.3) is 0 Å². The highest BCUT2D eigenvalue weighted by molar-refractivity contribution is 7.95. The van der Waals surface area contributed by atoms with Crippen molar-refractivity contribution in [2.24, 2.45) is 5.41 Å². The van der Waals surface area contributed by atoms with Gasteiger partial charge in [0.05, 0.1) is 4.90 Å². The number of nitrogen functional groups attached to an aromatic ring is 1. The van der Waals surface area contributed by atoms with Crippen molar-refractivity contribution in [1.82, 2.24) is 0 Å². The minimum atomic E-state index is -3.46. The normalized spacial score (nSPS) is 17.4. The van der Waals surface area contributed by atoms with E-state index < -0.39 is 9.84 Å². The molecule has 0 radical (unpaired) electrons. The van der Waals surface area contributed by atoms with Gasteiger partial charge in [0.25, 0.3) is 0 Å². The number of hydrogen-bond acceptors (Lipinski definition) is 3. The molecule has 1 aliphatic rings. The topological polar surface area (TPSA) is 60.2 Å². The molecule has 0 spiro atoms. The Morgan fingerprint density at radius 1 is 1.28 bits per heavy atom. The van der Waals surface area contributed by atoms with Gasteiger partial charge in [0.2, 0.25) is 9.84 Å². The molecule has 1 aliphatic carbocycles. The number of benzene rings is 1. The number of sulfone groups is 1. The van der Waals surface area contributed by atoms with E-state index in [1.165, 1.54) is 5.57 Å². The monoisotopic (exact) mass is 359 g/mol. The van der Waals surface area contributed by atoms with Crippen molar-refractivity contribution < 1.29 is 8.42 Å². The average molecular weight is 360 g/mol. The third kappa shape index (κ3) is 4.06. The lowest BCUT2D eigenvalue weighted by atomic mass is 9.73. The Morgan fingerprint density at radius 3 is 2.52 bits per heavy atom. The van der Waals surface area contributed by atoms with E-state index in [2.05, 4.69) is 20.4 Å². The van der Waals surface area contributed by atoms with Crippen LogP contribution < -0.4 is 5.73 Å². The molecule has 1 aromatic carbocycles. The van der Waals surface area contributed by atoms with Crippen LogP contribution in [0.1, 0.15) is 51.5 Å². The van der Waals surface area contributed by atoms with Crippen LogP contribution in [0.4, 0.5) is 5.69 Å². The van der Waals surface area contributed by atoms with Gasteiger partial charge in [0.1, 0.15) is 0 Å². The fourth-order valence-electron chi connectivity index (χ4n) is 3.72. The molecule has 136 valence electrons.